The van der Waals surface area contributed by atoms with E-state index in [4.69, 9.17) is 5.73 Å². The van der Waals surface area contributed by atoms with E-state index in [2.05, 4.69) is 48.1 Å². The smallest absolute Gasteiger partial charge is 0.0490 e. The second-order valence-corrected chi connectivity index (χ2v) is 5.55. The van der Waals surface area contributed by atoms with Gasteiger partial charge in [0, 0.05) is 21.9 Å². The first-order valence-corrected chi connectivity index (χ1v) is 7.11. The fourth-order valence-corrected chi connectivity index (χ4v) is 2.64. The van der Waals surface area contributed by atoms with Gasteiger partial charge in [0.05, 0.1) is 0 Å². The third-order valence-corrected chi connectivity index (χ3v) is 4.15. The van der Waals surface area contributed by atoms with Crippen molar-refractivity contribution < 1.29 is 0 Å². The van der Waals surface area contributed by atoms with Gasteiger partial charge in [-0.3, -0.25) is 0 Å². The van der Waals surface area contributed by atoms with Gasteiger partial charge in [0.25, 0.3) is 0 Å². The van der Waals surface area contributed by atoms with Crippen LogP contribution in [-0.4, -0.2) is 6.04 Å². The van der Waals surface area contributed by atoms with Crippen molar-refractivity contribution in [2.45, 2.75) is 46.6 Å². The molecule has 0 heterocycles. The Labute approximate surface area is 113 Å². The zero-order valence-corrected chi connectivity index (χ0v) is 12.8. The first-order valence-electron chi connectivity index (χ1n) is 6.31. The summed E-state index contributed by atoms with van der Waals surface area (Å²) in [5, 5.41) is 3.58. The Morgan fingerprint density at radius 3 is 2.41 bits per heavy atom. The van der Waals surface area contributed by atoms with Crippen molar-refractivity contribution in [3.8, 4) is 0 Å². The molecular weight excluding hydrogens is 276 g/mol. The summed E-state index contributed by atoms with van der Waals surface area (Å²) >= 11 is 3.56. The highest BCUT2D eigenvalue weighted by Gasteiger charge is 2.14. The number of rotatable bonds is 5. The Morgan fingerprint density at radius 1 is 1.29 bits per heavy atom. The van der Waals surface area contributed by atoms with Crippen molar-refractivity contribution in [1.82, 2.24) is 0 Å². The molecule has 0 saturated carbocycles. The van der Waals surface area contributed by atoms with Crippen LogP contribution >= 0.6 is 15.9 Å². The standard InChI is InChI=1S/C14H23BrN2/c1-5-11(6-2)10(4)17-14-7-9(3)13(16)8-12(14)15/h7-8,10-11,17H,5-6,16H2,1-4H3. The van der Waals surface area contributed by atoms with E-state index in [0.29, 0.717) is 12.0 Å². The van der Waals surface area contributed by atoms with Crippen molar-refractivity contribution in [3.05, 3.63) is 22.2 Å². The largest absolute Gasteiger partial charge is 0.398 e. The number of hydrogen-bond acceptors (Lipinski definition) is 2. The summed E-state index contributed by atoms with van der Waals surface area (Å²) in [7, 11) is 0. The minimum absolute atomic E-state index is 0.476. The van der Waals surface area contributed by atoms with E-state index in [1.165, 1.54) is 12.8 Å². The molecule has 0 aliphatic rings. The van der Waals surface area contributed by atoms with Gasteiger partial charge in [-0.25, -0.2) is 0 Å². The third kappa shape index (κ3) is 3.63. The van der Waals surface area contributed by atoms with E-state index in [9.17, 15) is 0 Å². The third-order valence-electron chi connectivity index (χ3n) is 3.49. The van der Waals surface area contributed by atoms with Gasteiger partial charge >= 0.3 is 0 Å². The zero-order chi connectivity index (χ0) is 13.0. The van der Waals surface area contributed by atoms with E-state index >= 15 is 0 Å². The first-order chi connectivity index (χ1) is 7.99. The lowest BCUT2D eigenvalue weighted by atomic mass is 9.95. The fourth-order valence-electron chi connectivity index (χ4n) is 2.17. The second kappa shape index (κ2) is 6.29. The van der Waals surface area contributed by atoms with Gasteiger partial charge in [-0.1, -0.05) is 26.7 Å². The molecule has 3 heteroatoms. The molecule has 0 aromatic heterocycles. The van der Waals surface area contributed by atoms with E-state index in [0.717, 1.165) is 21.4 Å². The molecule has 1 aromatic rings. The number of halogens is 1. The molecule has 1 aromatic carbocycles. The monoisotopic (exact) mass is 298 g/mol. The molecule has 0 amide bonds. The van der Waals surface area contributed by atoms with Gasteiger partial charge in [-0.15, -0.1) is 0 Å². The number of hydrogen-bond donors (Lipinski definition) is 2. The van der Waals surface area contributed by atoms with Gasteiger partial charge in [-0.2, -0.15) is 0 Å². The van der Waals surface area contributed by atoms with Crippen LogP contribution in [0.15, 0.2) is 16.6 Å². The van der Waals surface area contributed by atoms with E-state index < -0.39 is 0 Å². The van der Waals surface area contributed by atoms with Crippen molar-refractivity contribution in [3.63, 3.8) is 0 Å². The first kappa shape index (κ1) is 14.4. The van der Waals surface area contributed by atoms with Crippen LogP contribution in [0, 0.1) is 12.8 Å². The Morgan fingerprint density at radius 2 is 1.88 bits per heavy atom. The van der Waals surface area contributed by atoms with E-state index in [1.54, 1.807) is 0 Å². The van der Waals surface area contributed by atoms with Gasteiger partial charge in [-0.05, 0) is 53.4 Å². The minimum atomic E-state index is 0.476. The molecule has 0 aliphatic carbocycles. The van der Waals surface area contributed by atoms with Crippen LogP contribution in [0.25, 0.3) is 0 Å². The van der Waals surface area contributed by atoms with Gasteiger partial charge in [0.15, 0.2) is 0 Å². The molecule has 96 valence electrons. The Bertz CT molecular complexity index is 373. The number of benzene rings is 1. The summed E-state index contributed by atoms with van der Waals surface area (Å²) in [5.41, 5.74) is 8.96. The Balaban J connectivity index is 2.84. The van der Waals surface area contributed by atoms with E-state index in [1.807, 2.05) is 13.0 Å². The van der Waals surface area contributed by atoms with Crippen LogP contribution in [0.1, 0.15) is 39.2 Å². The van der Waals surface area contributed by atoms with Crippen molar-refractivity contribution in [1.29, 1.82) is 0 Å². The summed E-state index contributed by atoms with van der Waals surface area (Å²) in [6.45, 7) is 8.77. The summed E-state index contributed by atoms with van der Waals surface area (Å²) in [5.74, 6) is 0.708. The van der Waals surface area contributed by atoms with Crippen LogP contribution in [0.3, 0.4) is 0 Å². The molecule has 0 radical (unpaired) electrons. The van der Waals surface area contributed by atoms with Crippen LogP contribution in [0.5, 0.6) is 0 Å². The average Bonchev–Trinajstić information content (AvgIpc) is 2.27. The number of nitrogens with two attached hydrogens (primary N) is 1. The van der Waals surface area contributed by atoms with Crippen molar-refractivity contribution in [2.24, 2.45) is 5.92 Å². The highest BCUT2D eigenvalue weighted by molar-refractivity contribution is 9.10. The maximum Gasteiger partial charge on any atom is 0.0490 e. The van der Waals surface area contributed by atoms with E-state index in [-0.39, 0.29) is 0 Å². The summed E-state index contributed by atoms with van der Waals surface area (Å²) in [4.78, 5) is 0. The second-order valence-electron chi connectivity index (χ2n) is 4.70. The maximum atomic E-state index is 5.87. The predicted octanol–water partition coefficient (Wildman–Crippen LogP) is 4.58. The summed E-state index contributed by atoms with van der Waals surface area (Å²) in [6.07, 6.45) is 2.41. The Kier molecular flexibility index (Phi) is 5.31. The number of anilines is 2. The molecule has 1 rings (SSSR count). The molecule has 1 unspecified atom stereocenters. The van der Waals surface area contributed by atoms with Crippen LogP contribution in [0.2, 0.25) is 0 Å². The molecule has 0 saturated heterocycles. The van der Waals surface area contributed by atoms with Crippen LogP contribution in [0.4, 0.5) is 11.4 Å². The highest BCUT2D eigenvalue weighted by Crippen LogP contribution is 2.29. The maximum absolute atomic E-state index is 5.87. The average molecular weight is 299 g/mol. The zero-order valence-electron chi connectivity index (χ0n) is 11.2. The molecular formula is C14H23BrN2. The van der Waals surface area contributed by atoms with Gasteiger partial charge in [0.2, 0.25) is 0 Å². The molecule has 0 aliphatic heterocycles. The van der Waals surface area contributed by atoms with Crippen LogP contribution in [-0.2, 0) is 0 Å². The molecule has 0 fully saturated rings. The molecule has 0 bridgehead atoms. The predicted molar refractivity (Wildman–Crippen MR) is 80.4 cm³/mol. The highest BCUT2D eigenvalue weighted by atomic mass is 79.9. The summed E-state index contributed by atoms with van der Waals surface area (Å²) in [6, 6.07) is 4.56. The van der Waals surface area contributed by atoms with Crippen molar-refractivity contribution in [2.75, 3.05) is 11.1 Å². The minimum Gasteiger partial charge on any atom is -0.398 e. The lowest BCUT2D eigenvalue weighted by molar-refractivity contribution is 0.438. The molecule has 17 heavy (non-hydrogen) atoms. The van der Waals surface area contributed by atoms with Crippen LogP contribution < -0.4 is 11.1 Å². The molecule has 1 atom stereocenters. The van der Waals surface area contributed by atoms with Gasteiger partial charge < -0.3 is 11.1 Å². The normalized spacial score (nSPS) is 12.8. The number of aryl methyl sites for hydroxylation is 1. The molecule has 3 N–H and O–H groups in total. The SMILES string of the molecule is CCC(CC)C(C)Nc1cc(C)c(N)cc1Br. The molecule has 2 nitrogen and oxygen atoms in total. The number of nitrogens with one attached hydrogen (secondary N) is 1. The quantitative estimate of drug-likeness (QED) is 0.781. The van der Waals surface area contributed by atoms with Gasteiger partial charge in [0.1, 0.15) is 0 Å². The summed E-state index contributed by atoms with van der Waals surface area (Å²) < 4.78 is 1.04. The fraction of sp³-hybridized carbons (Fsp3) is 0.571. The lowest BCUT2D eigenvalue weighted by Crippen LogP contribution is -2.25. The number of nitrogen functional groups attached to an aromatic ring is 1. The molecule has 0 spiro atoms. The Hall–Kier alpha value is -0.700. The topological polar surface area (TPSA) is 38.0 Å². The van der Waals surface area contributed by atoms with Crippen molar-refractivity contribution >= 4 is 27.3 Å². The lowest BCUT2D eigenvalue weighted by Gasteiger charge is -2.24.